The molecule has 3 rings (SSSR count). The van der Waals surface area contributed by atoms with E-state index in [1.807, 2.05) is 6.92 Å². The van der Waals surface area contributed by atoms with E-state index < -0.39 is 16.1 Å². The lowest BCUT2D eigenvalue weighted by Crippen LogP contribution is -2.29. The molecule has 0 spiro atoms. The molecule has 0 radical (unpaired) electrons. The van der Waals surface area contributed by atoms with Gasteiger partial charge < -0.3 is 4.74 Å². The highest BCUT2D eigenvalue weighted by Crippen LogP contribution is 2.25. The maximum absolute atomic E-state index is 13.1. The zero-order valence-electron chi connectivity index (χ0n) is 16.1. The first kappa shape index (κ1) is 21.2. The Hall–Kier alpha value is -2.49. The quantitative estimate of drug-likeness (QED) is 0.596. The summed E-state index contributed by atoms with van der Waals surface area (Å²) in [6.07, 6.45) is 0. The number of aromatic nitrogens is 3. The molecule has 1 atom stereocenters. The molecule has 0 amide bonds. The number of nitrogens with one attached hydrogen (secondary N) is 1. The van der Waals surface area contributed by atoms with E-state index in [1.54, 1.807) is 24.5 Å². The second kappa shape index (κ2) is 8.48. The Morgan fingerprint density at radius 2 is 1.90 bits per heavy atom. The van der Waals surface area contributed by atoms with E-state index in [-0.39, 0.29) is 16.7 Å². The normalized spacial score (nSPS) is 12.7. The van der Waals surface area contributed by atoms with Gasteiger partial charge >= 0.3 is 6.01 Å². The molecular weight excluding hydrogens is 419 g/mol. The summed E-state index contributed by atoms with van der Waals surface area (Å²) >= 11 is 6.05. The van der Waals surface area contributed by atoms with Crippen molar-refractivity contribution in [3.63, 3.8) is 0 Å². The van der Waals surface area contributed by atoms with Crippen LogP contribution >= 0.6 is 11.6 Å². The number of ether oxygens (including phenoxy) is 1. The molecule has 0 bridgehead atoms. The second-order valence-corrected chi connectivity index (χ2v) is 8.52. The minimum absolute atomic E-state index is 0.0605. The van der Waals surface area contributed by atoms with Gasteiger partial charge in [-0.1, -0.05) is 22.8 Å². The highest BCUT2D eigenvalue weighted by molar-refractivity contribution is 7.89. The summed E-state index contributed by atoms with van der Waals surface area (Å²) in [5.74, 6) is 0.392. The van der Waals surface area contributed by atoms with E-state index in [0.717, 1.165) is 5.56 Å². The van der Waals surface area contributed by atoms with Crippen molar-refractivity contribution in [3.05, 3.63) is 64.7 Å². The van der Waals surface area contributed by atoms with Gasteiger partial charge in [-0.15, -0.1) is 5.10 Å². The fourth-order valence-electron chi connectivity index (χ4n) is 2.70. The maximum Gasteiger partial charge on any atom is 0.322 e. The highest BCUT2D eigenvalue weighted by Gasteiger charge is 2.24. The topological polar surface area (TPSA) is 86.1 Å². The average molecular weight is 439 g/mol. The number of rotatable bonds is 7. The van der Waals surface area contributed by atoms with E-state index in [1.165, 1.54) is 36.4 Å². The standard InChI is InChI=1S/C19H20ClFN4O3S/c1-4-25-18(22-23-19(25)28-15-8-6-14(21)7-9-15)13(3)24-29(26,27)16-10-5-12(2)17(20)11-16/h5-11,13,24H,4H2,1-3H3/t13-/m1/s1. The van der Waals surface area contributed by atoms with Crippen molar-refractivity contribution in [2.45, 2.75) is 38.3 Å². The van der Waals surface area contributed by atoms with Crippen LogP contribution in [0.1, 0.15) is 31.3 Å². The second-order valence-electron chi connectivity index (χ2n) is 6.39. The summed E-state index contributed by atoms with van der Waals surface area (Å²) in [7, 11) is -3.82. The maximum atomic E-state index is 13.1. The van der Waals surface area contributed by atoms with Gasteiger partial charge in [0.1, 0.15) is 11.6 Å². The molecule has 0 aliphatic rings. The third-order valence-corrected chi connectivity index (χ3v) is 6.20. The molecule has 0 fully saturated rings. The molecule has 1 aromatic heterocycles. The van der Waals surface area contributed by atoms with Gasteiger partial charge in [-0.25, -0.2) is 17.5 Å². The molecule has 7 nitrogen and oxygen atoms in total. The van der Waals surface area contributed by atoms with Gasteiger partial charge in [0.05, 0.1) is 10.9 Å². The van der Waals surface area contributed by atoms with Crippen molar-refractivity contribution in [2.24, 2.45) is 0 Å². The molecule has 0 saturated carbocycles. The lowest BCUT2D eigenvalue weighted by atomic mass is 10.2. The number of hydrogen-bond donors (Lipinski definition) is 1. The van der Waals surface area contributed by atoms with Gasteiger partial charge in [-0.05, 0) is 62.7 Å². The molecule has 0 aliphatic carbocycles. The summed E-state index contributed by atoms with van der Waals surface area (Å²) in [6, 6.07) is 9.51. The van der Waals surface area contributed by atoms with Crippen molar-refractivity contribution in [1.82, 2.24) is 19.5 Å². The van der Waals surface area contributed by atoms with Crippen molar-refractivity contribution in [3.8, 4) is 11.8 Å². The van der Waals surface area contributed by atoms with E-state index in [2.05, 4.69) is 14.9 Å². The van der Waals surface area contributed by atoms with Crippen LogP contribution in [0, 0.1) is 12.7 Å². The van der Waals surface area contributed by atoms with Crippen LogP contribution in [0.15, 0.2) is 47.4 Å². The number of benzene rings is 2. The average Bonchev–Trinajstić information content (AvgIpc) is 3.08. The number of aryl methyl sites for hydroxylation is 1. The van der Waals surface area contributed by atoms with Gasteiger partial charge in [0.25, 0.3) is 0 Å². The van der Waals surface area contributed by atoms with Crippen molar-refractivity contribution in [2.75, 3.05) is 0 Å². The van der Waals surface area contributed by atoms with Crippen LogP contribution in [0.2, 0.25) is 5.02 Å². The smallest absolute Gasteiger partial charge is 0.322 e. The van der Waals surface area contributed by atoms with Crippen LogP contribution in [0.3, 0.4) is 0 Å². The number of sulfonamides is 1. The van der Waals surface area contributed by atoms with Crippen LogP contribution in [-0.4, -0.2) is 23.2 Å². The molecule has 2 aromatic carbocycles. The van der Waals surface area contributed by atoms with Gasteiger partial charge in [0.15, 0.2) is 5.82 Å². The largest absolute Gasteiger partial charge is 0.424 e. The van der Waals surface area contributed by atoms with Gasteiger partial charge in [0.2, 0.25) is 10.0 Å². The Kier molecular flexibility index (Phi) is 6.21. The van der Waals surface area contributed by atoms with E-state index in [4.69, 9.17) is 16.3 Å². The molecule has 1 heterocycles. The Balaban J connectivity index is 1.83. The zero-order valence-corrected chi connectivity index (χ0v) is 17.6. The summed E-state index contributed by atoms with van der Waals surface area (Å²) in [6.45, 7) is 5.75. The Bertz CT molecular complexity index is 1120. The third-order valence-electron chi connectivity index (χ3n) is 4.26. The Morgan fingerprint density at radius 1 is 1.21 bits per heavy atom. The highest BCUT2D eigenvalue weighted by atomic mass is 35.5. The van der Waals surface area contributed by atoms with Gasteiger partial charge in [-0.3, -0.25) is 4.57 Å². The van der Waals surface area contributed by atoms with E-state index in [0.29, 0.717) is 23.1 Å². The van der Waals surface area contributed by atoms with Crippen LogP contribution < -0.4 is 9.46 Å². The third kappa shape index (κ3) is 4.75. The lowest BCUT2D eigenvalue weighted by Gasteiger charge is -2.15. The Morgan fingerprint density at radius 3 is 2.52 bits per heavy atom. The number of halogens is 2. The summed E-state index contributed by atoms with van der Waals surface area (Å²) in [4.78, 5) is 0.0605. The summed E-state index contributed by atoms with van der Waals surface area (Å²) in [5, 5.41) is 8.43. The minimum atomic E-state index is -3.82. The molecule has 0 unspecified atom stereocenters. The SMILES string of the molecule is CCn1c(Oc2ccc(F)cc2)nnc1[C@@H](C)NS(=O)(=O)c1ccc(C)c(Cl)c1. The molecule has 0 aliphatic heterocycles. The molecular formula is C19H20ClFN4O3S. The van der Waals surface area contributed by atoms with E-state index in [9.17, 15) is 12.8 Å². The zero-order chi connectivity index (χ0) is 21.2. The summed E-state index contributed by atoms with van der Waals surface area (Å²) < 4.78 is 48.4. The Labute approximate surface area is 173 Å². The molecule has 0 saturated heterocycles. The first-order chi connectivity index (χ1) is 13.7. The first-order valence-corrected chi connectivity index (χ1v) is 10.7. The predicted octanol–water partition coefficient (Wildman–Crippen LogP) is 4.23. The molecule has 1 N–H and O–H groups in total. The van der Waals surface area contributed by atoms with Crippen molar-refractivity contribution in [1.29, 1.82) is 0 Å². The van der Waals surface area contributed by atoms with Crippen LogP contribution in [0.5, 0.6) is 11.8 Å². The minimum Gasteiger partial charge on any atom is -0.424 e. The van der Waals surface area contributed by atoms with Crippen LogP contribution in [0.4, 0.5) is 4.39 Å². The molecule has 154 valence electrons. The van der Waals surface area contributed by atoms with Gasteiger partial charge in [-0.2, -0.15) is 0 Å². The first-order valence-electron chi connectivity index (χ1n) is 8.86. The summed E-state index contributed by atoms with van der Waals surface area (Å²) in [5.41, 5.74) is 0.784. The predicted molar refractivity (Wildman–Crippen MR) is 107 cm³/mol. The van der Waals surface area contributed by atoms with Crippen LogP contribution in [0.25, 0.3) is 0 Å². The number of nitrogens with zero attached hydrogens (tertiary/aromatic N) is 3. The van der Waals surface area contributed by atoms with Crippen molar-refractivity contribution >= 4 is 21.6 Å². The molecule has 29 heavy (non-hydrogen) atoms. The monoisotopic (exact) mass is 438 g/mol. The number of hydrogen-bond acceptors (Lipinski definition) is 5. The lowest BCUT2D eigenvalue weighted by molar-refractivity contribution is 0.407. The van der Waals surface area contributed by atoms with E-state index >= 15 is 0 Å². The fourth-order valence-corrected chi connectivity index (χ4v) is 4.17. The molecule has 10 heteroatoms. The van der Waals surface area contributed by atoms with Crippen molar-refractivity contribution < 1.29 is 17.5 Å². The van der Waals surface area contributed by atoms with Gasteiger partial charge in [0, 0.05) is 11.6 Å². The van der Waals surface area contributed by atoms with Crippen LogP contribution in [-0.2, 0) is 16.6 Å². The fraction of sp³-hybridized carbons (Fsp3) is 0.263. The molecule has 3 aromatic rings.